The summed E-state index contributed by atoms with van der Waals surface area (Å²) in [6, 6.07) is 4.21. The zero-order valence-corrected chi connectivity index (χ0v) is 15.4. The minimum Gasteiger partial charge on any atom is -0.352 e. The van der Waals surface area contributed by atoms with E-state index in [0.29, 0.717) is 13.0 Å². The van der Waals surface area contributed by atoms with E-state index in [0.717, 1.165) is 22.9 Å². The van der Waals surface area contributed by atoms with Crippen LogP contribution in [0.25, 0.3) is 0 Å². The third-order valence-electron chi connectivity index (χ3n) is 4.27. The van der Waals surface area contributed by atoms with E-state index in [9.17, 15) is 26.4 Å². The molecule has 1 aliphatic heterocycles. The molecule has 26 heavy (non-hydrogen) atoms. The van der Waals surface area contributed by atoms with Gasteiger partial charge in [0, 0.05) is 39.3 Å². The molecule has 0 saturated carbocycles. The summed E-state index contributed by atoms with van der Waals surface area (Å²) in [7, 11) is -0.611. The first-order valence-electron chi connectivity index (χ1n) is 8.15. The molecule has 1 atom stereocenters. The van der Waals surface area contributed by atoms with Crippen LogP contribution in [0.15, 0.2) is 24.3 Å². The van der Waals surface area contributed by atoms with Gasteiger partial charge in [-0.15, -0.1) is 0 Å². The normalized spacial score (nSPS) is 19.5. The molecule has 1 aromatic rings. The quantitative estimate of drug-likeness (QED) is 0.831. The standard InChI is InChI=1S/C16H22F3N3O3S/c1-21(2)26(24,25)22-8-4-5-12(11-22)10-20-15(23)13-6-3-7-14(9-13)16(17,18)19/h3,6-7,9,12H,4-5,8,10-11H2,1-2H3,(H,20,23)/t12-/m0/s1. The predicted octanol–water partition coefficient (Wildman–Crippen LogP) is 1.95. The number of rotatable bonds is 5. The molecule has 1 fully saturated rings. The Balaban J connectivity index is 1.97. The van der Waals surface area contributed by atoms with Crippen molar-refractivity contribution in [3.8, 4) is 0 Å². The highest BCUT2D eigenvalue weighted by atomic mass is 32.2. The van der Waals surface area contributed by atoms with E-state index in [4.69, 9.17) is 0 Å². The van der Waals surface area contributed by atoms with Crippen molar-refractivity contribution in [2.45, 2.75) is 19.0 Å². The van der Waals surface area contributed by atoms with Crippen LogP contribution < -0.4 is 5.32 Å². The molecule has 1 aromatic carbocycles. The Morgan fingerprint density at radius 1 is 1.35 bits per heavy atom. The van der Waals surface area contributed by atoms with Gasteiger partial charge in [-0.25, -0.2) is 0 Å². The molecule has 0 radical (unpaired) electrons. The van der Waals surface area contributed by atoms with E-state index in [2.05, 4.69) is 5.32 Å². The van der Waals surface area contributed by atoms with Crippen LogP contribution in [-0.4, -0.2) is 56.7 Å². The summed E-state index contributed by atoms with van der Waals surface area (Å²) in [5.41, 5.74) is -0.959. The molecule has 2 rings (SSSR count). The van der Waals surface area contributed by atoms with E-state index in [1.165, 1.54) is 30.5 Å². The molecule has 10 heteroatoms. The van der Waals surface area contributed by atoms with Crippen LogP contribution in [0.2, 0.25) is 0 Å². The second-order valence-electron chi connectivity index (χ2n) is 6.45. The zero-order valence-electron chi connectivity index (χ0n) is 14.6. The molecule has 0 aliphatic carbocycles. The van der Waals surface area contributed by atoms with Crippen LogP contribution in [-0.2, 0) is 16.4 Å². The Morgan fingerprint density at radius 2 is 2.04 bits per heavy atom. The molecule has 146 valence electrons. The highest BCUT2D eigenvalue weighted by Crippen LogP contribution is 2.29. The van der Waals surface area contributed by atoms with E-state index < -0.39 is 27.9 Å². The third-order valence-corrected chi connectivity index (χ3v) is 6.18. The lowest BCUT2D eigenvalue weighted by molar-refractivity contribution is -0.137. The van der Waals surface area contributed by atoms with E-state index >= 15 is 0 Å². The maximum atomic E-state index is 12.7. The number of hydrogen-bond donors (Lipinski definition) is 1. The van der Waals surface area contributed by atoms with Crippen LogP contribution in [0.1, 0.15) is 28.8 Å². The summed E-state index contributed by atoms with van der Waals surface area (Å²) in [6.07, 6.45) is -3.11. The summed E-state index contributed by atoms with van der Waals surface area (Å²) >= 11 is 0. The van der Waals surface area contributed by atoms with E-state index in [-0.39, 0.29) is 24.6 Å². The van der Waals surface area contributed by atoms with Gasteiger partial charge in [0.15, 0.2) is 0 Å². The van der Waals surface area contributed by atoms with Gasteiger partial charge >= 0.3 is 6.18 Å². The first-order chi connectivity index (χ1) is 12.0. The number of alkyl halides is 3. The number of nitrogens with one attached hydrogen (secondary N) is 1. The van der Waals surface area contributed by atoms with Crippen molar-refractivity contribution in [2.75, 3.05) is 33.7 Å². The minimum atomic E-state index is -4.51. The average molecular weight is 393 g/mol. The van der Waals surface area contributed by atoms with Crippen LogP contribution in [0, 0.1) is 5.92 Å². The van der Waals surface area contributed by atoms with Crippen LogP contribution in [0.5, 0.6) is 0 Å². The maximum absolute atomic E-state index is 12.7. The number of amides is 1. The summed E-state index contributed by atoms with van der Waals surface area (Å²) in [6.45, 7) is 0.885. The molecule has 0 spiro atoms. The van der Waals surface area contributed by atoms with Crippen molar-refractivity contribution < 1.29 is 26.4 Å². The van der Waals surface area contributed by atoms with Crippen LogP contribution in [0.4, 0.5) is 13.2 Å². The Kier molecular flexibility index (Phi) is 6.30. The number of halogens is 3. The Labute approximate surface area is 151 Å². The zero-order chi connectivity index (χ0) is 19.5. The highest BCUT2D eigenvalue weighted by Gasteiger charge is 2.32. The van der Waals surface area contributed by atoms with Gasteiger partial charge in [-0.05, 0) is 37.0 Å². The molecule has 0 unspecified atom stereocenters. The second kappa shape index (κ2) is 7.93. The smallest absolute Gasteiger partial charge is 0.352 e. The lowest BCUT2D eigenvalue weighted by Gasteiger charge is -2.33. The lowest BCUT2D eigenvalue weighted by Crippen LogP contribution is -2.47. The van der Waals surface area contributed by atoms with E-state index in [1.807, 2.05) is 0 Å². The fourth-order valence-corrected chi connectivity index (χ4v) is 4.03. The van der Waals surface area contributed by atoms with Gasteiger partial charge < -0.3 is 5.32 Å². The largest absolute Gasteiger partial charge is 0.416 e. The van der Waals surface area contributed by atoms with Gasteiger partial charge in [-0.3, -0.25) is 4.79 Å². The maximum Gasteiger partial charge on any atom is 0.416 e. The van der Waals surface area contributed by atoms with Gasteiger partial charge in [0.2, 0.25) is 0 Å². The van der Waals surface area contributed by atoms with Gasteiger partial charge in [0.05, 0.1) is 5.56 Å². The molecule has 1 aliphatic rings. The fourth-order valence-electron chi connectivity index (χ4n) is 2.81. The molecule has 0 aromatic heterocycles. The number of hydrogen-bond acceptors (Lipinski definition) is 3. The summed E-state index contributed by atoms with van der Waals surface area (Å²) in [5, 5.41) is 2.61. The molecule has 0 bridgehead atoms. The molecule has 1 amide bonds. The van der Waals surface area contributed by atoms with Crippen molar-refractivity contribution in [2.24, 2.45) is 5.92 Å². The number of nitrogens with zero attached hydrogens (tertiary/aromatic N) is 2. The molecule has 6 nitrogen and oxygen atoms in total. The van der Waals surface area contributed by atoms with Crippen molar-refractivity contribution in [3.63, 3.8) is 0 Å². The Morgan fingerprint density at radius 3 is 2.65 bits per heavy atom. The van der Waals surface area contributed by atoms with Crippen molar-refractivity contribution >= 4 is 16.1 Å². The SMILES string of the molecule is CN(C)S(=O)(=O)N1CCC[C@@H](CNC(=O)c2cccc(C(F)(F)F)c2)C1. The summed E-state index contributed by atoms with van der Waals surface area (Å²) in [4.78, 5) is 12.1. The molecule has 1 heterocycles. The van der Waals surface area contributed by atoms with Crippen molar-refractivity contribution in [1.82, 2.24) is 13.9 Å². The number of carbonyl (C=O) groups is 1. The minimum absolute atomic E-state index is 0.0756. The lowest BCUT2D eigenvalue weighted by atomic mass is 9.99. The molecule has 1 N–H and O–H groups in total. The van der Waals surface area contributed by atoms with Crippen LogP contribution >= 0.6 is 0 Å². The third kappa shape index (κ3) is 4.95. The van der Waals surface area contributed by atoms with Crippen LogP contribution in [0.3, 0.4) is 0 Å². The van der Waals surface area contributed by atoms with Crippen molar-refractivity contribution in [3.05, 3.63) is 35.4 Å². The van der Waals surface area contributed by atoms with Crippen molar-refractivity contribution in [1.29, 1.82) is 0 Å². The van der Waals surface area contributed by atoms with Gasteiger partial charge in [0.25, 0.3) is 16.1 Å². The summed E-state index contributed by atoms with van der Waals surface area (Å²) < 4.78 is 65.0. The highest BCUT2D eigenvalue weighted by molar-refractivity contribution is 7.86. The fraction of sp³-hybridized carbons (Fsp3) is 0.562. The monoisotopic (exact) mass is 393 g/mol. The topological polar surface area (TPSA) is 69.7 Å². The number of piperidine rings is 1. The molecule has 1 saturated heterocycles. The number of benzene rings is 1. The predicted molar refractivity (Wildman–Crippen MR) is 90.7 cm³/mol. The Bertz CT molecular complexity index is 751. The van der Waals surface area contributed by atoms with Gasteiger partial charge in [-0.2, -0.15) is 30.2 Å². The second-order valence-corrected chi connectivity index (χ2v) is 8.59. The first kappa shape index (κ1) is 20.7. The first-order valence-corrected chi connectivity index (χ1v) is 9.54. The van der Waals surface area contributed by atoms with Gasteiger partial charge in [-0.1, -0.05) is 6.07 Å². The molecular weight excluding hydrogens is 371 g/mol. The number of carbonyl (C=O) groups excluding carboxylic acids is 1. The summed E-state index contributed by atoms with van der Waals surface area (Å²) in [5.74, 6) is -0.697. The average Bonchev–Trinajstić information content (AvgIpc) is 2.59. The molecular formula is C16H22F3N3O3S. The van der Waals surface area contributed by atoms with Gasteiger partial charge in [0.1, 0.15) is 0 Å². The Hall–Kier alpha value is -1.65. The van der Waals surface area contributed by atoms with E-state index in [1.54, 1.807) is 0 Å².